The summed E-state index contributed by atoms with van der Waals surface area (Å²) in [5.41, 5.74) is 2.26. The van der Waals surface area contributed by atoms with Crippen molar-refractivity contribution >= 4 is 5.96 Å². The minimum absolute atomic E-state index is 0.128. The molecule has 0 aliphatic heterocycles. The number of hydrogen-bond donors (Lipinski definition) is 2. The molecule has 0 fully saturated rings. The largest absolute Gasteiger partial charge is 0.356 e. The fraction of sp³-hybridized carbons (Fsp3) is 0.333. The monoisotopic (exact) mass is 377 g/mol. The minimum atomic E-state index is 0.128. The van der Waals surface area contributed by atoms with Crippen LogP contribution in [0.15, 0.2) is 59.7 Å². The summed E-state index contributed by atoms with van der Waals surface area (Å²) in [7, 11) is 1.95. The van der Waals surface area contributed by atoms with Crippen molar-refractivity contribution in [2.75, 3.05) is 6.54 Å². The molecule has 146 valence electrons. The maximum absolute atomic E-state index is 4.72. The Balaban J connectivity index is 1.67. The Kier molecular flexibility index (Phi) is 6.73. The Morgan fingerprint density at radius 2 is 1.89 bits per heavy atom. The van der Waals surface area contributed by atoms with Gasteiger partial charge in [-0.3, -0.25) is 4.98 Å². The second-order valence-electron chi connectivity index (χ2n) is 6.66. The van der Waals surface area contributed by atoms with Crippen LogP contribution in [0, 0.1) is 6.92 Å². The zero-order valence-corrected chi connectivity index (χ0v) is 16.6. The fourth-order valence-corrected chi connectivity index (χ4v) is 2.78. The predicted octanol–water partition coefficient (Wildman–Crippen LogP) is 2.56. The molecule has 0 saturated heterocycles. The van der Waals surface area contributed by atoms with Gasteiger partial charge in [-0.2, -0.15) is 0 Å². The van der Waals surface area contributed by atoms with E-state index >= 15 is 0 Å². The highest BCUT2D eigenvalue weighted by atomic mass is 15.3. The summed E-state index contributed by atoms with van der Waals surface area (Å²) in [6.07, 6.45) is 2.64. The van der Waals surface area contributed by atoms with Crippen molar-refractivity contribution in [3.8, 4) is 0 Å². The van der Waals surface area contributed by atoms with E-state index in [9.17, 15) is 0 Å². The molecule has 0 spiro atoms. The van der Waals surface area contributed by atoms with Gasteiger partial charge in [0.15, 0.2) is 11.8 Å². The Bertz CT molecular complexity index is 888. The molecule has 1 aromatic carbocycles. The molecule has 0 bridgehead atoms. The number of aromatic nitrogens is 4. The summed E-state index contributed by atoms with van der Waals surface area (Å²) in [5.74, 6) is 2.45. The van der Waals surface area contributed by atoms with Crippen LogP contribution in [0.2, 0.25) is 0 Å². The molecule has 0 radical (unpaired) electrons. The normalized spacial score (nSPS) is 12.6. The molecule has 7 nitrogen and oxygen atoms in total. The van der Waals surface area contributed by atoms with Gasteiger partial charge in [-0.1, -0.05) is 36.4 Å². The van der Waals surface area contributed by atoms with Crippen LogP contribution in [0.25, 0.3) is 0 Å². The van der Waals surface area contributed by atoms with E-state index in [1.807, 2.05) is 61.1 Å². The topological polar surface area (TPSA) is 80.0 Å². The Morgan fingerprint density at radius 3 is 2.57 bits per heavy atom. The van der Waals surface area contributed by atoms with Gasteiger partial charge in [-0.05, 0) is 31.5 Å². The smallest absolute Gasteiger partial charge is 0.192 e. The van der Waals surface area contributed by atoms with Crippen molar-refractivity contribution in [2.45, 2.75) is 32.9 Å². The number of nitrogens with zero attached hydrogens (tertiary/aromatic N) is 5. The highest BCUT2D eigenvalue weighted by molar-refractivity contribution is 5.80. The lowest BCUT2D eigenvalue weighted by Gasteiger charge is -2.18. The van der Waals surface area contributed by atoms with Crippen molar-refractivity contribution in [3.05, 3.63) is 77.6 Å². The third-order valence-electron chi connectivity index (χ3n) is 4.61. The molecule has 28 heavy (non-hydrogen) atoms. The van der Waals surface area contributed by atoms with E-state index in [1.165, 1.54) is 5.56 Å². The van der Waals surface area contributed by atoms with Gasteiger partial charge >= 0.3 is 0 Å². The first-order valence-corrected chi connectivity index (χ1v) is 9.48. The molecule has 3 aromatic rings. The summed E-state index contributed by atoms with van der Waals surface area (Å²) in [5, 5.41) is 15.2. The summed E-state index contributed by atoms with van der Waals surface area (Å²) < 4.78 is 1.95. The Morgan fingerprint density at radius 1 is 1.11 bits per heavy atom. The number of benzene rings is 1. The van der Waals surface area contributed by atoms with Crippen molar-refractivity contribution in [1.29, 1.82) is 0 Å². The van der Waals surface area contributed by atoms with E-state index in [-0.39, 0.29) is 6.04 Å². The molecule has 7 heteroatoms. The lowest BCUT2D eigenvalue weighted by atomic mass is 10.1. The van der Waals surface area contributed by atoms with E-state index < -0.39 is 0 Å². The molecular formula is C21H27N7. The lowest BCUT2D eigenvalue weighted by Crippen LogP contribution is -2.40. The van der Waals surface area contributed by atoms with Gasteiger partial charge in [0.2, 0.25) is 0 Å². The summed E-state index contributed by atoms with van der Waals surface area (Å²) in [4.78, 5) is 9.09. The predicted molar refractivity (Wildman–Crippen MR) is 111 cm³/mol. The van der Waals surface area contributed by atoms with Gasteiger partial charge in [-0.15, -0.1) is 10.2 Å². The first-order valence-electron chi connectivity index (χ1n) is 9.48. The number of aryl methyl sites for hydroxylation is 1. The Labute approximate surface area is 166 Å². The highest BCUT2D eigenvalue weighted by Gasteiger charge is 2.09. The van der Waals surface area contributed by atoms with Gasteiger partial charge in [0.1, 0.15) is 12.4 Å². The molecule has 1 atom stereocenters. The molecule has 0 saturated carbocycles. The summed E-state index contributed by atoms with van der Waals surface area (Å²) >= 11 is 0. The van der Waals surface area contributed by atoms with Crippen LogP contribution in [-0.4, -0.2) is 32.3 Å². The maximum atomic E-state index is 4.72. The molecular weight excluding hydrogens is 350 g/mol. The van der Waals surface area contributed by atoms with Crippen molar-refractivity contribution in [2.24, 2.45) is 12.0 Å². The average molecular weight is 377 g/mol. The van der Waals surface area contributed by atoms with E-state index in [4.69, 9.17) is 4.99 Å². The quantitative estimate of drug-likeness (QED) is 0.489. The van der Waals surface area contributed by atoms with E-state index in [0.29, 0.717) is 6.54 Å². The first-order chi connectivity index (χ1) is 13.6. The van der Waals surface area contributed by atoms with Crippen LogP contribution in [0.5, 0.6) is 0 Å². The standard InChI is InChI=1S/C21H27N7/c1-16(18-9-5-4-6-10-18)25-21(23-14-12-19-11-7-8-13-22-19)24-15-20-27-26-17(2)28(20)3/h4-11,13,16H,12,14-15H2,1-3H3,(H2,23,24,25). The highest BCUT2D eigenvalue weighted by Crippen LogP contribution is 2.11. The SMILES string of the molecule is Cc1nnc(CN=C(NCCc2ccccn2)NC(C)c2ccccc2)n1C. The third-order valence-corrected chi connectivity index (χ3v) is 4.61. The molecule has 2 aromatic heterocycles. The van der Waals surface area contributed by atoms with Crippen LogP contribution in [-0.2, 0) is 20.0 Å². The number of hydrogen-bond acceptors (Lipinski definition) is 4. The number of rotatable bonds is 7. The van der Waals surface area contributed by atoms with Gasteiger partial charge in [-0.25, -0.2) is 4.99 Å². The molecule has 0 amide bonds. The number of nitrogens with one attached hydrogen (secondary N) is 2. The van der Waals surface area contributed by atoms with Gasteiger partial charge in [0, 0.05) is 31.9 Å². The van der Waals surface area contributed by atoms with Crippen molar-refractivity contribution in [3.63, 3.8) is 0 Å². The zero-order chi connectivity index (χ0) is 19.8. The summed E-state index contributed by atoms with van der Waals surface area (Å²) in [6, 6.07) is 16.4. The van der Waals surface area contributed by atoms with E-state index in [0.717, 1.165) is 36.3 Å². The van der Waals surface area contributed by atoms with E-state index in [2.05, 4.69) is 44.9 Å². The second kappa shape index (κ2) is 9.64. The molecule has 2 N–H and O–H groups in total. The lowest BCUT2D eigenvalue weighted by molar-refractivity contribution is 0.674. The summed E-state index contributed by atoms with van der Waals surface area (Å²) in [6.45, 7) is 5.25. The molecule has 2 heterocycles. The average Bonchev–Trinajstić information content (AvgIpc) is 3.05. The van der Waals surface area contributed by atoms with Crippen LogP contribution >= 0.6 is 0 Å². The van der Waals surface area contributed by atoms with Crippen LogP contribution in [0.3, 0.4) is 0 Å². The van der Waals surface area contributed by atoms with Gasteiger partial charge < -0.3 is 15.2 Å². The number of pyridine rings is 1. The molecule has 1 unspecified atom stereocenters. The van der Waals surface area contributed by atoms with Crippen LogP contribution in [0.4, 0.5) is 0 Å². The second-order valence-corrected chi connectivity index (χ2v) is 6.66. The fourth-order valence-electron chi connectivity index (χ4n) is 2.78. The van der Waals surface area contributed by atoms with Gasteiger partial charge in [0.05, 0.1) is 6.04 Å². The van der Waals surface area contributed by atoms with Crippen molar-refractivity contribution < 1.29 is 0 Å². The van der Waals surface area contributed by atoms with E-state index in [1.54, 1.807) is 0 Å². The Hall–Kier alpha value is -3.22. The van der Waals surface area contributed by atoms with Crippen molar-refractivity contribution in [1.82, 2.24) is 30.4 Å². The minimum Gasteiger partial charge on any atom is -0.356 e. The van der Waals surface area contributed by atoms with Crippen LogP contribution in [0.1, 0.15) is 35.9 Å². The number of aliphatic imine (C=N–C) groups is 1. The molecule has 0 aliphatic rings. The third kappa shape index (κ3) is 5.39. The number of guanidine groups is 1. The van der Waals surface area contributed by atoms with Gasteiger partial charge in [0.25, 0.3) is 0 Å². The maximum Gasteiger partial charge on any atom is 0.192 e. The van der Waals surface area contributed by atoms with Crippen LogP contribution < -0.4 is 10.6 Å². The molecule has 0 aliphatic carbocycles. The zero-order valence-electron chi connectivity index (χ0n) is 16.6. The molecule has 3 rings (SSSR count). The first kappa shape index (κ1) is 19.5.